The lowest BCUT2D eigenvalue weighted by atomic mass is 10.1. The largest absolute Gasteiger partial charge is 0.456 e. The second-order valence-electron chi connectivity index (χ2n) is 7.06. The fraction of sp³-hybridized carbons (Fsp3) is 0.625. The van der Waals surface area contributed by atoms with Crippen LogP contribution in [0.15, 0.2) is 10.5 Å². The topological polar surface area (TPSA) is 80.6 Å². The van der Waals surface area contributed by atoms with E-state index in [1.165, 1.54) is 0 Å². The van der Waals surface area contributed by atoms with Gasteiger partial charge >= 0.3 is 6.09 Å². The van der Waals surface area contributed by atoms with E-state index in [-0.39, 0.29) is 12.5 Å². The van der Waals surface area contributed by atoms with Crippen molar-refractivity contribution in [1.29, 1.82) is 0 Å². The minimum Gasteiger partial charge on any atom is -0.456 e. The molecule has 0 bridgehead atoms. The Kier molecular flexibility index (Phi) is 5.27. The molecule has 0 fully saturated rings. The van der Waals surface area contributed by atoms with Gasteiger partial charge in [-0.1, -0.05) is 0 Å². The molecule has 0 aromatic carbocycles. The highest BCUT2D eigenvalue weighted by Gasteiger charge is 2.26. The number of alkyl carbamates (subject to hydrolysis) is 1. The molecule has 6 heteroatoms. The zero-order valence-electron chi connectivity index (χ0n) is 14.4. The number of nitrogens with one attached hydrogen (secondary N) is 2. The predicted octanol–water partition coefficient (Wildman–Crippen LogP) is 2.93. The molecule has 1 aromatic heterocycles. The van der Waals surface area contributed by atoms with E-state index in [0.717, 1.165) is 5.56 Å². The van der Waals surface area contributed by atoms with Crippen LogP contribution in [0.25, 0.3) is 0 Å². The van der Waals surface area contributed by atoms with Gasteiger partial charge in [0.05, 0.1) is 5.54 Å². The number of ether oxygens (including phenoxy) is 1. The van der Waals surface area contributed by atoms with Gasteiger partial charge in [-0.05, 0) is 54.5 Å². The third kappa shape index (κ3) is 5.79. The maximum absolute atomic E-state index is 12.2. The molecule has 6 nitrogen and oxygen atoms in total. The third-order valence-electron chi connectivity index (χ3n) is 2.77. The molecular weight excluding hydrogens is 284 g/mol. The first-order valence-electron chi connectivity index (χ1n) is 7.26. The highest BCUT2D eigenvalue weighted by Crippen LogP contribution is 2.15. The first-order chi connectivity index (χ1) is 9.89. The van der Waals surface area contributed by atoms with E-state index in [1.807, 2.05) is 20.8 Å². The summed E-state index contributed by atoms with van der Waals surface area (Å²) in [6, 6.07) is 1.81. The van der Waals surface area contributed by atoms with Crippen molar-refractivity contribution in [2.45, 2.75) is 59.6 Å². The van der Waals surface area contributed by atoms with Crippen LogP contribution < -0.4 is 10.6 Å². The van der Waals surface area contributed by atoms with Crippen molar-refractivity contribution >= 4 is 12.0 Å². The molecule has 0 saturated carbocycles. The molecule has 0 radical (unpaired) electrons. The van der Waals surface area contributed by atoms with E-state index in [1.54, 1.807) is 33.8 Å². The minimum absolute atomic E-state index is 0.242. The van der Waals surface area contributed by atoms with E-state index >= 15 is 0 Å². The zero-order valence-corrected chi connectivity index (χ0v) is 14.4. The Morgan fingerprint density at radius 1 is 1.18 bits per heavy atom. The Morgan fingerprint density at radius 2 is 1.77 bits per heavy atom. The minimum atomic E-state index is -0.638. The van der Waals surface area contributed by atoms with E-state index in [2.05, 4.69) is 10.6 Å². The van der Waals surface area contributed by atoms with Gasteiger partial charge in [-0.3, -0.25) is 4.79 Å². The lowest BCUT2D eigenvalue weighted by Gasteiger charge is -2.27. The summed E-state index contributed by atoms with van der Waals surface area (Å²) in [5.74, 6) is 0.678. The molecule has 0 aliphatic rings. The molecule has 0 unspecified atom stereocenters. The Labute approximate surface area is 131 Å². The summed E-state index contributed by atoms with van der Waals surface area (Å²) in [6.07, 6.45) is -0.514. The average molecular weight is 310 g/mol. The molecule has 2 amide bonds. The number of carbonyl (C=O) groups excluding carboxylic acids is 2. The molecule has 1 aromatic rings. The second-order valence-corrected chi connectivity index (χ2v) is 7.06. The summed E-state index contributed by atoms with van der Waals surface area (Å²) in [4.78, 5) is 23.9. The SMILES string of the molecule is Cc1cc(C)c(C(=O)NC(C)(C)CNC(=O)OC(C)(C)C)o1. The quantitative estimate of drug-likeness (QED) is 0.896. The van der Waals surface area contributed by atoms with E-state index in [0.29, 0.717) is 11.5 Å². The number of hydrogen-bond donors (Lipinski definition) is 2. The summed E-state index contributed by atoms with van der Waals surface area (Å²) in [5.41, 5.74) is -0.410. The Hall–Kier alpha value is -1.98. The second kappa shape index (κ2) is 6.42. The monoisotopic (exact) mass is 310 g/mol. The molecule has 0 atom stereocenters. The van der Waals surface area contributed by atoms with Crippen LogP contribution in [0.1, 0.15) is 56.5 Å². The van der Waals surface area contributed by atoms with Crippen LogP contribution in [-0.4, -0.2) is 29.7 Å². The third-order valence-corrected chi connectivity index (χ3v) is 2.77. The number of hydrogen-bond acceptors (Lipinski definition) is 4. The molecule has 0 aliphatic heterocycles. The van der Waals surface area contributed by atoms with Gasteiger partial charge in [0.2, 0.25) is 0 Å². The fourth-order valence-electron chi connectivity index (χ4n) is 1.88. The van der Waals surface area contributed by atoms with Gasteiger partial charge in [-0.15, -0.1) is 0 Å². The first-order valence-corrected chi connectivity index (χ1v) is 7.26. The maximum atomic E-state index is 12.2. The molecule has 22 heavy (non-hydrogen) atoms. The van der Waals surface area contributed by atoms with Crippen molar-refractivity contribution in [3.8, 4) is 0 Å². The van der Waals surface area contributed by atoms with Crippen molar-refractivity contribution in [2.24, 2.45) is 0 Å². The van der Waals surface area contributed by atoms with E-state index in [4.69, 9.17) is 9.15 Å². The summed E-state index contributed by atoms with van der Waals surface area (Å²) in [6.45, 7) is 12.9. The van der Waals surface area contributed by atoms with Crippen LogP contribution in [0.3, 0.4) is 0 Å². The lowest BCUT2D eigenvalue weighted by Crippen LogP contribution is -2.52. The predicted molar refractivity (Wildman–Crippen MR) is 84.0 cm³/mol. The Morgan fingerprint density at radius 3 is 2.23 bits per heavy atom. The normalized spacial score (nSPS) is 12.0. The summed E-state index contributed by atoms with van der Waals surface area (Å²) in [7, 11) is 0. The zero-order chi connectivity index (χ0) is 17.1. The molecule has 0 aliphatic carbocycles. The molecule has 124 valence electrons. The number of carbonyl (C=O) groups is 2. The smallest absolute Gasteiger partial charge is 0.407 e. The summed E-state index contributed by atoms with van der Waals surface area (Å²) in [5, 5.41) is 5.49. The van der Waals surface area contributed by atoms with Crippen LogP contribution in [0, 0.1) is 13.8 Å². The van der Waals surface area contributed by atoms with Gasteiger partial charge in [0.25, 0.3) is 5.91 Å². The van der Waals surface area contributed by atoms with Gasteiger partial charge in [0.15, 0.2) is 5.76 Å². The highest BCUT2D eigenvalue weighted by molar-refractivity contribution is 5.93. The number of rotatable bonds is 4. The van der Waals surface area contributed by atoms with Crippen LogP contribution in [0.5, 0.6) is 0 Å². The van der Waals surface area contributed by atoms with E-state index in [9.17, 15) is 9.59 Å². The van der Waals surface area contributed by atoms with Crippen molar-refractivity contribution in [2.75, 3.05) is 6.54 Å². The molecule has 1 rings (SSSR count). The Bertz CT molecular complexity index is 553. The van der Waals surface area contributed by atoms with Crippen molar-refractivity contribution in [3.63, 3.8) is 0 Å². The van der Waals surface area contributed by atoms with Crippen LogP contribution in [-0.2, 0) is 4.74 Å². The number of furan rings is 1. The van der Waals surface area contributed by atoms with Crippen molar-refractivity contribution < 1.29 is 18.7 Å². The average Bonchev–Trinajstić information content (AvgIpc) is 2.63. The molecule has 1 heterocycles. The van der Waals surface area contributed by atoms with Gasteiger partial charge in [0.1, 0.15) is 11.4 Å². The first kappa shape index (κ1) is 18.1. The van der Waals surface area contributed by atoms with Gasteiger partial charge in [0, 0.05) is 12.1 Å². The summed E-state index contributed by atoms with van der Waals surface area (Å²) >= 11 is 0. The molecule has 2 N–H and O–H groups in total. The maximum Gasteiger partial charge on any atom is 0.407 e. The van der Waals surface area contributed by atoms with Gasteiger partial charge in [-0.2, -0.15) is 0 Å². The van der Waals surface area contributed by atoms with Gasteiger partial charge in [-0.25, -0.2) is 4.79 Å². The fourth-order valence-corrected chi connectivity index (χ4v) is 1.88. The van der Waals surface area contributed by atoms with E-state index < -0.39 is 17.2 Å². The highest BCUT2D eigenvalue weighted by atomic mass is 16.6. The number of amides is 2. The van der Waals surface area contributed by atoms with Crippen LogP contribution in [0.2, 0.25) is 0 Å². The molecule has 0 saturated heterocycles. The standard InChI is InChI=1S/C16H26N2O4/c1-10-8-11(2)21-12(10)13(19)18-16(6,7)9-17-14(20)22-15(3,4)5/h8H,9H2,1-7H3,(H,17,20)(H,18,19). The van der Waals surface area contributed by atoms with Gasteiger partial charge < -0.3 is 19.8 Å². The number of aryl methyl sites for hydroxylation is 2. The van der Waals surface area contributed by atoms with Crippen LogP contribution >= 0.6 is 0 Å². The van der Waals surface area contributed by atoms with Crippen molar-refractivity contribution in [1.82, 2.24) is 10.6 Å². The van der Waals surface area contributed by atoms with Crippen molar-refractivity contribution in [3.05, 3.63) is 23.2 Å². The Balaban J connectivity index is 2.58. The lowest BCUT2D eigenvalue weighted by molar-refractivity contribution is 0.0509. The molecular formula is C16H26N2O4. The molecule has 0 spiro atoms. The summed E-state index contributed by atoms with van der Waals surface area (Å²) < 4.78 is 10.6. The van der Waals surface area contributed by atoms with Crippen LogP contribution in [0.4, 0.5) is 4.79 Å².